The van der Waals surface area contributed by atoms with Crippen LogP contribution in [0, 0.1) is 5.21 Å². The van der Waals surface area contributed by atoms with Gasteiger partial charge in [-0.2, -0.15) is 0 Å². The van der Waals surface area contributed by atoms with Gasteiger partial charge >= 0.3 is 0 Å². The van der Waals surface area contributed by atoms with Crippen LogP contribution >= 0.6 is 0 Å². The van der Waals surface area contributed by atoms with E-state index in [0.717, 1.165) is 5.56 Å². The van der Waals surface area contributed by atoms with E-state index in [1.165, 1.54) is 7.05 Å². The molecule has 2 rings (SSSR count). The molecule has 15 heavy (non-hydrogen) atoms. The molecule has 0 unspecified atom stereocenters. The highest BCUT2D eigenvalue weighted by Gasteiger charge is 2.47. The number of fused-ring (bicyclic) bond motifs is 1. The number of rotatable bonds is 0. The molecule has 1 aromatic rings. The molecule has 0 N–H and O–H groups in total. The van der Waals surface area contributed by atoms with Crippen LogP contribution in [0.4, 0.5) is 0 Å². The van der Waals surface area contributed by atoms with Crippen LogP contribution in [0.3, 0.4) is 0 Å². The van der Waals surface area contributed by atoms with Crippen molar-refractivity contribution in [3.63, 3.8) is 0 Å². The third kappa shape index (κ3) is 1.19. The van der Waals surface area contributed by atoms with E-state index < -0.39 is 5.41 Å². The summed E-state index contributed by atoms with van der Waals surface area (Å²) < 4.78 is 0.683. The molecule has 0 saturated carbocycles. The Balaban J connectivity index is 2.77. The van der Waals surface area contributed by atoms with Crippen molar-refractivity contribution in [2.45, 2.75) is 19.3 Å². The fourth-order valence-corrected chi connectivity index (χ4v) is 2.30. The predicted molar refractivity (Wildman–Crippen MR) is 58.4 cm³/mol. The van der Waals surface area contributed by atoms with Crippen molar-refractivity contribution in [1.82, 2.24) is 0 Å². The molecule has 78 valence electrons. The zero-order valence-corrected chi connectivity index (χ0v) is 9.07. The van der Waals surface area contributed by atoms with Gasteiger partial charge < -0.3 is 5.21 Å². The third-order valence-electron chi connectivity index (χ3n) is 2.97. The Hall–Kier alpha value is -1.64. The van der Waals surface area contributed by atoms with E-state index in [2.05, 4.69) is 0 Å². The van der Waals surface area contributed by atoms with Crippen molar-refractivity contribution in [2.75, 3.05) is 7.05 Å². The van der Waals surface area contributed by atoms with E-state index in [-0.39, 0.29) is 5.78 Å². The lowest BCUT2D eigenvalue weighted by molar-refractivity contribution is -0.424. The van der Waals surface area contributed by atoms with Crippen molar-refractivity contribution in [3.8, 4) is 0 Å². The van der Waals surface area contributed by atoms with Gasteiger partial charge in [0, 0.05) is 5.56 Å². The van der Waals surface area contributed by atoms with Crippen molar-refractivity contribution >= 4 is 11.5 Å². The van der Waals surface area contributed by atoms with Gasteiger partial charge in [0.25, 0.3) is 5.78 Å². The van der Waals surface area contributed by atoms with Gasteiger partial charge in [-0.1, -0.05) is 24.3 Å². The molecule has 0 fully saturated rings. The number of hydroxylamine groups is 1. The first-order valence-corrected chi connectivity index (χ1v) is 4.88. The second kappa shape index (κ2) is 2.92. The number of carbonyl (C=O) groups excluding carboxylic acids is 1. The Kier molecular flexibility index (Phi) is 1.93. The van der Waals surface area contributed by atoms with Crippen LogP contribution in [0.5, 0.6) is 0 Å². The first-order valence-electron chi connectivity index (χ1n) is 4.88. The number of carbonyl (C=O) groups is 1. The van der Waals surface area contributed by atoms with E-state index in [9.17, 15) is 10.0 Å². The lowest BCUT2D eigenvalue weighted by Crippen LogP contribution is -2.33. The van der Waals surface area contributed by atoms with Gasteiger partial charge in [-0.15, -0.1) is 0 Å². The van der Waals surface area contributed by atoms with Gasteiger partial charge in [0.15, 0.2) is 0 Å². The monoisotopic (exact) mass is 203 g/mol. The molecular formula is C12H13NO2. The normalized spacial score (nSPS) is 21.4. The van der Waals surface area contributed by atoms with E-state index in [1.54, 1.807) is 6.07 Å². The van der Waals surface area contributed by atoms with E-state index in [0.29, 0.717) is 16.0 Å². The van der Waals surface area contributed by atoms with Gasteiger partial charge in [-0.25, -0.2) is 4.74 Å². The first-order chi connectivity index (χ1) is 6.96. The number of hydrogen-bond donors (Lipinski definition) is 0. The lowest BCUT2D eigenvalue weighted by atomic mass is 9.85. The maximum absolute atomic E-state index is 12.0. The molecule has 0 amide bonds. The number of benzene rings is 1. The summed E-state index contributed by atoms with van der Waals surface area (Å²) in [5, 5.41) is 11.4. The average Bonchev–Trinajstić information content (AvgIpc) is 2.36. The molecule has 0 bridgehead atoms. The Morgan fingerprint density at radius 2 is 1.87 bits per heavy atom. The van der Waals surface area contributed by atoms with E-state index >= 15 is 0 Å². The zero-order valence-electron chi connectivity index (χ0n) is 9.07. The van der Waals surface area contributed by atoms with Crippen LogP contribution in [0.2, 0.25) is 0 Å². The summed E-state index contributed by atoms with van der Waals surface area (Å²) >= 11 is 0. The minimum atomic E-state index is -0.482. The van der Waals surface area contributed by atoms with Gasteiger partial charge in [-0.3, -0.25) is 4.79 Å². The fraction of sp³-hybridized carbons (Fsp3) is 0.333. The minimum absolute atomic E-state index is 0.145. The molecule has 3 nitrogen and oxygen atoms in total. The largest absolute Gasteiger partial charge is 0.624 e. The summed E-state index contributed by atoms with van der Waals surface area (Å²) in [7, 11) is 1.38. The Morgan fingerprint density at radius 1 is 1.27 bits per heavy atom. The number of hydrogen-bond acceptors (Lipinski definition) is 2. The van der Waals surface area contributed by atoms with Crippen molar-refractivity contribution in [1.29, 1.82) is 0 Å². The maximum atomic E-state index is 12.0. The van der Waals surface area contributed by atoms with Gasteiger partial charge in [0.05, 0.1) is 5.41 Å². The molecule has 0 aromatic heterocycles. The Bertz CT molecular complexity index is 468. The van der Waals surface area contributed by atoms with Crippen molar-refractivity contribution in [2.24, 2.45) is 0 Å². The first kappa shape index (κ1) is 9.90. The molecule has 1 aliphatic rings. The highest BCUT2D eigenvalue weighted by atomic mass is 16.5. The van der Waals surface area contributed by atoms with Crippen LogP contribution in [-0.4, -0.2) is 23.3 Å². The van der Waals surface area contributed by atoms with Crippen LogP contribution in [0.25, 0.3) is 0 Å². The highest BCUT2D eigenvalue weighted by Crippen LogP contribution is 2.35. The lowest BCUT2D eigenvalue weighted by Gasteiger charge is -2.17. The quantitative estimate of drug-likeness (QED) is 0.366. The molecule has 3 heteroatoms. The van der Waals surface area contributed by atoms with Crippen LogP contribution in [-0.2, 0) is 5.41 Å². The number of Topliss-reactive ketones (excluding diaryl/α,β-unsaturated/α-hetero) is 1. The standard InChI is InChI=1S/C12H13NO2/c1-12(2)9-7-5-4-6-8(9)10(14)11(12)13(3)15/h4-7H,1-3H3/b13-11-. The van der Waals surface area contributed by atoms with Crippen LogP contribution in [0.15, 0.2) is 24.3 Å². The second-order valence-corrected chi connectivity index (χ2v) is 4.35. The molecule has 0 saturated heterocycles. The minimum Gasteiger partial charge on any atom is -0.624 e. The molecule has 0 radical (unpaired) electrons. The van der Waals surface area contributed by atoms with Gasteiger partial charge in [0.2, 0.25) is 5.71 Å². The predicted octanol–water partition coefficient (Wildman–Crippen LogP) is 1.74. The summed E-state index contributed by atoms with van der Waals surface area (Å²) in [6.07, 6.45) is 0. The summed E-state index contributed by atoms with van der Waals surface area (Å²) in [5.74, 6) is -0.145. The van der Waals surface area contributed by atoms with Gasteiger partial charge in [-0.05, 0) is 19.4 Å². The third-order valence-corrected chi connectivity index (χ3v) is 2.97. The summed E-state index contributed by atoms with van der Waals surface area (Å²) in [5.41, 5.74) is 1.43. The summed E-state index contributed by atoms with van der Waals surface area (Å²) in [6.45, 7) is 3.81. The van der Waals surface area contributed by atoms with Gasteiger partial charge in [0.1, 0.15) is 7.05 Å². The average molecular weight is 203 g/mol. The molecule has 1 aromatic carbocycles. The van der Waals surface area contributed by atoms with Crippen molar-refractivity contribution in [3.05, 3.63) is 40.6 Å². The fourth-order valence-electron chi connectivity index (χ4n) is 2.30. The second-order valence-electron chi connectivity index (χ2n) is 4.35. The summed E-state index contributed by atoms with van der Waals surface area (Å²) in [6, 6.07) is 7.39. The molecular weight excluding hydrogens is 190 g/mol. The van der Waals surface area contributed by atoms with Crippen LogP contribution in [0.1, 0.15) is 29.8 Å². The van der Waals surface area contributed by atoms with E-state index in [4.69, 9.17) is 0 Å². The molecule has 0 heterocycles. The molecule has 0 atom stereocenters. The Morgan fingerprint density at radius 3 is 2.40 bits per heavy atom. The smallest absolute Gasteiger partial charge is 0.254 e. The zero-order chi connectivity index (χ0) is 11.2. The maximum Gasteiger partial charge on any atom is 0.254 e. The number of nitrogens with zero attached hydrogens (tertiary/aromatic N) is 1. The topological polar surface area (TPSA) is 43.1 Å². The summed E-state index contributed by atoms with van der Waals surface area (Å²) in [4.78, 5) is 12.0. The van der Waals surface area contributed by atoms with E-state index in [1.807, 2.05) is 32.0 Å². The van der Waals surface area contributed by atoms with Crippen LogP contribution < -0.4 is 0 Å². The molecule has 0 aliphatic heterocycles. The Labute approximate surface area is 88.6 Å². The van der Waals surface area contributed by atoms with Crippen molar-refractivity contribution < 1.29 is 9.53 Å². The highest BCUT2D eigenvalue weighted by molar-refractivity contribution is 6.50. The molecule has 1 aliphatic carbocycles. The molecule has 0 spiro atoms. The SMILES string of the molecule is C/[N+]([O-])=C1\C(=O)c2ccccc2C1(C)C. The number of ketones is 1.